The van der Waals surface area contributed by atoms with Crippen LogP contribution in [0.25, 0.3) is 0 Å². The van der Waals surface area contributed by atoms with Gasteiger partial charge in [-0.3, -0.25) is 0 Å². The lowest BCUT2D eigenvalue weighted by atomic mass is 10.2. The zero-order valence-corrected chi connectivity index (χ0v) is 11.4. The molecule has 1 N–H and O–H groups in total. The van der Waals surface area contributed by atoms with Gasteiger partial charge in [0, 0.05) is 18.5 Å². The van der Waals surface area contributed by atoms with Crippen LogP contribution in [0.4, 0.5) is 4.39 Å². The van der Waals surface area contributed by atoms with Crippen molar-refractivity contribution in [2.24, 2.45) is 0 Å². The molecule has 0 saturated heterocycles. The average Bonchev–Trinajstić information content (AvgIpc) is 2.41. The van der Waals surface area contributed by atoms with Gasteiger partial charge in [-0.2, -0.15) is 5.26 Å². The maximum atomic E-state index is 13.7. The zero-order valence-electron chi connectivity index (χ0n) is 11.4. The van der Waals surface area contributed by atoms with E-state index in [9.17, 15) is 4.39 Å². The fraction of sp³-hybridized carbons (Fsp3) is 0.533. The Morgan fingerprint density at radius 1 is 1.37 bits per heavy atom. The first-order valence-electron chi connectivity index (χ1n) is 6.77. The number of benzene rings is 1. The van der Waals surface area contributed by atoms with E-state index in [4.69, 9.17) is 10.00 Å². The van der Waals surface area contributed by atoms with Gasteiger partial charge in [0.2, 0.25) is 0 Å². The Labute approximate surface area is 114 Å². The number of nitrogens with zero attached hydrogens (tertiary/aromatic N) is 1. The highest BCUT2D eigenvalue weighted by molar-refractivity contribution is 5.34. The summed E-state index contributed by atoms with van der Waals surface area (Å²) in [6, 6.07) is 7.06. The number of ether oxygens (including phenoxy) is 1. The molecule has 0 aliphatic carbocycles. The van der Waals surface area contributed by atoms with Gasteiger partial charge in [0.15, 0.2) is 11.6 Å². The smallest absolute Gasteiger partial charge is 0.165 e. The highest BCUT2D eigenvalue weighted by atomic mass is 19.1. The summed E-state index contributed by atoms with van der Waals surface area (Å²) in [5.74, 6) is 0.0131. The number of unbranched alkanes of at least 4 members (excludes halogenated alkanes) is 2. The van der Waals surface area contributed by atoms with Crippen LogP contribution in [0.15, 0.2) is 18.2 Å². The van der Waals surface area contributed by atoms with Crippen molar-refractivity contribution in [1.82, 2.24) is 5.32 Å². The standard InChI is InChI=1S/C15H21FN2O/c1-2-10-18-12-13-7-6-8-14(16)15(13)19-11-5-3-4-9-17/h6-8,18H,2-5,10-12H2,1H3. The first kappa shape index (κ1) is 15.5. The summed E-state index contributed by atoms with van der Waals surface area (Å²) in [7, 11) is 0. The predicted octanol–water partition coefficient (Wildman–Crippen LogP) is 3.40. The molecule has 0 atom stereocenters. The molecule has 1 aromatic carbocycles. The van der Waals surface area contributed by atoms with Crippen LogP contribution in [0.3, 0.4) is 0 Å². The van der Waals surface area contributed by atoms with Gasteiger partial charge >= 0.3 is 0 Å². The summed E-state index contributed by atoms with van der Waals surface area (Å²) in [6.07, 6.45) is 3.11. The quantitative estimate of drug-likeness (QED) is 0.695. The molecule has 0 aromatic heterocycles. The Kier molecular flexibility index (Phi) is 7.60. The molecule has 1 aromatic rings. The van der Waals surface area contributed by atoms with E-state index in [0.29, 0.717) is 25.3 Å². The van der Waals surface area contributed by atoms with Crippen molar-refractivity contribution in [3.63, 3.8) is 0 Å². The summed E-state index contributed by atoms with van der Waals surface area (Å²) in [6.45, 7) is 4.05. The van der Waals surface area contributed by atoms with Gasteiger partial charge in [-0.05, 0) is 31.9 Å². The molecule has 0 heterocycles. The first-order chi connectivity index (χ1) is 9.29. The van der Waals surface area contributed by atoms with Crippen molar-refractivity contribution in [2.75, 3.05) is 13.2 Å². The van der Waals surface area contributed by atoms with E-state index < -0.39 is 0 Å². The lowest BCUT2D eigenvalue weighted by Crippen LogP contribution is -2.15. The third-order valence-corrected chi connectivity index (χ3v) is 2.72. The van der Waals surface area contributed by atoms with Crippen LogP contribution in [0.2, 0.25) is 0 Å². The predicted molar refractivity (Wildman–Crippen MR) is 73.4 cm³/mol. The van der Waals surface area contributed by atoms with Gasteiger partial charge < -0.3 is 10.1 Å². The maximum Gasteiger partial charge on any atom is 0.165 e. The van der Waals surface area contributed by atoms with Crippen LogP contribution in [0.1, 0.15) is 38.2 Å². The number of nitriles is 1. The highest BCUT2D eigenvalue weighted by Gasteiger charge is 2.09. The number of rotatable bonds is 9. The van der Waals surface area contributed by atoms with Crippen molar-refractivity contribution >= 4 is 0 Å². The van der Waals surface area contributed by atoms with E-state index in [-0.39, 0.29) is 5.82 Å². The minimum Gasteiger partial charge on any atom is -0.490 e. The molecule has 0 unspecified atom stereocenters. The van der Waals surface area contributed by atoms with Crippen LogP contribution < -0.4 is 10.1 Å². The van der Waals surface area contributed by atoms with E-state index in [1.807, 2.05) is 6.07 Å². The first-order valence-corrected chi connectivity index (χ1v) is 6.77. The van der Waals surface area contributed by atoms with E-state index in [2.05, 4.69) is 18.3 Å². The largest absolute Gasteiger partial charge is 0.490 e. The molecule has 4 heteroatoms. The van der Waals surface area contributed by atoms with E-state index in [1.54, 1.807) is 6.07 Å². The molecule has 19 heavy (non-hydrogen) atoms. The molecule has 0 bridgehead atoms. The van der Waals surface area contributed by atoms with Crippen LogP contribution in [-0.2, 0) is 6.54 Å². The second kappa shape index (κ2) is 9.35. The fourth-order valence-electron chi connectivity index (χ4n) is 1.73. The Morgan fingerprint density at radius 3 is 2.95 bits per heavy atom. The van der Waals surface area contributed by atoms with Gasteiger partial charge in [0.05, 0.1) is 12.7 Å². The van der Waals surface area contributed by atoms with Crippen molar-refractivity contribution in [2.45, 2.75) is 39.2 Å². The van der Waals surface area contributed by atoms with Crippen molar-refractivity contribution in [1.29, 1.82) is 5.26 Å². The van der Waals surface area contributed by atoms with Crippen LogP contribution in [0, 0.1) is 17.1 Å². The summed E-state index contributed by atoms with van der Waals surface area (Å²) >= 11 is 0. The Hall–Kier alpha value is -1.60. The molecule has 1 rings (SSSR count). The summed E-state index contributed by atoms with van der Waals surface area (Å²) in [5, 5.41) is 11.7. The summed E-state index contributed by atoms with van der Waals surface area (Å²) < 4.78 is 19.3. The number of nitrogens with one attached hydrogen (secondary N) is 1. The number of para-hydroxylation sites is 1. The second-order valence-electron chi connectivity index (χ2n) is 4.37. The van der Waals surface area contributed by atoms with Crippen LogP contribution in [0.5, 0.6) is 5.75 Å². The van der Waals surface area contributed by atoms with E-state index in [0.717, 1.165) is 31.4 Å². The maximum absolute atomic E-state index is 13.7. The Morgan fingerprint density at radius 2 is 2.21 bits per heavy atom. The third kappa shape index (κ3) is 5.71. The molecular formula is C15H21FN2O. The molecule has 0 spiro atoms. The lowest BCUT2D eigenvalue weighted by Gasteiger charge is -2.12. The molecule has 3 nitrogen and oxygen atoms in total. The minimum atomic E-state index is -0.323. The fourth-order valence-corrected chi connectivity index (χ4v) is 1.73. The van der Waals surface area contributed by atoms with Crippen molar-refractivity contribution in [3.8, 4) is 11.8 Å². The number of halogens is 1. The van der Waals surface area contributed by atoms with Gasteiger partial charge in [-0.15, -0.1) is 0 Å². The summed E-state index contributed by atoms with van der Waals surface area (Å²) in [5.41, 5.74) is 0.841. The van der Waals surface area contributed by atoms with Gasteiger partial charge in [-0.25, -0.2) is 4.39 Å². The van der Waals surface area contributed by atoms with Gasteiger partial charge in [0.25, 0.3) is 0 Å². The lowest BCUT2D eigenvalue weighted by molar-refractivity contribution is 0.288. The Balaban J connectivity index is 2.51. The van der Waals surface area contributed by atoms with E-state index >= 15 is 0 Å². The molecule has 0 amide bonds. The van der Waals surface area contributed by atoms with Gasteiger partial charge in [0.1, 0.15) is 0 Å². The van der Waals surface area contributed by atoms with Crippen molar-refractivity contribution < 1.29 is 9.13 Å². The van der Waals surface area contributed by atoms with E-state index in [1.165, 1.54) is 6.07 Å². The zero-order chi connectivity index (χ0) is 13.9. The van der Waals surface area contributed by atoms with Crippen LogP contribution >= 0.6 is 0 Å². The normalized spacial score (nSPS) is 10.2. The summed E-state index contributed by atoms with van der Waals surface area (Å²) in [4.78, 5) is 0. The average molecular weight is 264 g/mol. The van der Waals surface area contributed by atoms with Crippen molar-refractivity contribution in [3.05, 3.63) is 29.6 Å². The highest BCUT2D eigenvalue weighted by Crippen LogP contribution is 2.23. The third-order valence-electron chi connectivity index (χ3n) is 2.72. The number of hydrogen-bond acceptors (Lipinski definition) is 3. The molecule has 0 fully saturated rings. The molecule has 0 saturated carbocycles. The number of hydrogen-bond donors (Lipinski definition) is 1. The molecule has 0 aliphatic rings. The minimum absolute atomic E-state index is 0.323. The Bertz CT molecular complexity index is 415. The molecule has 0 aliphatic heterocycles. The molecule has 104 valence electrons. The SMILES string of the molecule is CCCNCc1cccc(F)c1OCCCCC#N. The monoisotopic (exact) mass is 264 g/mol. The topological polar surface area (TPSA) is 45.0 Å². The van der Waals surface area contributed by atoms with Crippen LogP contribution in [-0.4, -0.2) is 13.2 Å². The second-order valence-corrected chi connectivity index (χ2v) is 4.37. The molecular weight excluding hydrogens is 243 g/mol. The molecule has 0 radical (unpaired) electrons. The van der Waals surface area contributed by atoms with Gasteiger partial charge in [-0.1, -0.05) is 19.1 Å².